The fourth-order valence-corrected chi connectivity index (χ4v) is 3.77. The van der Waals surface area contributed by atoms with Crippen LogP contribution in [-0.4, -0.2) is 59.4 Å². The second-order valence-corrected chi connectivity index (χ2v) is 7.23. The third-order valence-electron chi connectivity index (χ3n) is 5.40. The molecule has 0 radical (unpaired) electrons. The molecule has 0 spiro atoms. The van der Waals surface area contributed by atoms with E-state index in [0.29, 0.717) is 25.9 Å². The zero-order valence-corrected chi connectivity index (χ0v) is 14.7. The first kappa shape index (κ1) is 18.7. The molecule has 1 saturated heterocycles. The molecule has 2 rings (SSSR count). The summed E-state index contributed by atoms with van der Waals surface area (Å²) in [7, 11) is 1.71. The molecule has 0 atom stereocenters. The average molecular weight is 338 g/mol. The van der Waals surface area contributed by atoms with Crippen molar-refractivity contribution in [2.75, 3.05) is 26.7 Å². The Morgan fingerprint density at radius 3 is 2.00 bits per heavy atom. The van der Waals surface area contributed by atoms with Gasteiger partial charge in [-0.25, -0.2) is 0 Å². The maximum absolute atomic E-state index is 12.6. The first-order chi connectivity index (χ1) is 11.5. The van der Waals surface area contributed by atoms with Crippen LogP contribution in [0.15, 0.2) is 0 Å². The smallest absolute Gasteiger partial charge is 0.306 e. The lowest BCUT2D eigenvalue weighted by Crippen LogP contribution is -2.46. The van der Waals surface area contributed by atoms with E-state index in [-0.39, 0.29) is 30.2 Å². The van der Waals surface area contributed by atoms with Gasteiger partial charge in [-0.15, -0.1) is 0 Å². The fourth-order valence-electron chi connectivity index (χ4n) is 3.77. The highest BCUT2D eigenvalue weighted by atomic mass is 16.4. The molecule has 2 aliphatic rings. The molecule has 0 unspecified atom stereocenters. The quantitative estimate of drug-likeness (QED) is 0.852. The Hall–Kier alpha value is -1.59. The molecular weight excluding hydrogens is 308 g/mol. The zero-order valence-electron chi connectivity index (χ0n) is 14.7. The maximum atomic E-state index is 12.6. The van der Waals surface area contributed by atoms with Crippen molar-refractivity contribution >= 4 is 17.8 Å². The van der Waals surface area contributed by atoms with Gasteiger partial charge in [0, 0.05) is 26.1 Å². The van der Waals surface area contributed by atoms with Crippen LogP contribution < -0.4 is 0 Å². The molecular formula is C18H30N2O4. The van der Waals surface area contributed by atoms with Gasteiger partial charge in [-0.3, -0.25) is 14.4 Å². The predicted octanol–water partition coefficient (Wildman–Crippen LogP) is 2.13. The van der Waals surface area contributed by atoms with Crippen molar-refractivity contribution in [1.82, 2.24) is 9.80 Å². The number of piperidine rings is 1. The standard InChI is InChI=1S/C18H30N2O4/c1-19(17(22)14-7-5-3-2-4-6-8-14)13-16(21)20-11-9-15(10-12-20)18(23)24/h14-15H,2-13H2,1H3,(H,23,24). The highest BCUT2D eigenvalue weighted by Gasteiger charge is 2.29. The van der Waals surface area contributed by atoms with Crippen molar-refractivity contribution in [1.29, 1.82) is 0 Å². The van der Waals surface area contributed by atoms with E-state index < -0.39 is 5.97 Å². The number of nitrogens with zero attached hydrogens (tertiary/aromatic N) is 2. The number of rotatable bonds is 4. The molecule has 2 amide bonds. The second-order valence-electron chi connectivity index (χ2n) is 7.23. The topological polar surface area (TPSA) is 77.9 Å². The monoisotopic (exact) mass is 338 g/mol. The van der Waals surface area contributed by atoms with E-state index in [1.807, 2.05) is 0 Å². The van der Waals surface area contributed by atoms with Gasteiger partial charge in [0.05, 0.1) is 12.5 Å². The molecule has 0 aromatic rings. The van der Waals surface area contributed by atoms with Crippen LogP contribution >= 0.6 is 0 Å². The van der Waals surface area contributed by atoms with E-state index in [2.05, 4.69) is 0 Å². The Balaban J connectivity index is 1.80. The van der Waals surface area contributed by atoms with Crippen LogP contribution in [0.4, 0.5) is 0 Å². The van der Waals surface area contributed by atoms with Crippen LogP contribution in [0, 0.1) is 11.8 Å². The molecule has 0 aromatic carbocycles. The molecule has 1 N–H and O–H groups in total. The Bertz CT molecular complexity index is 450. The summed E-state index contributed by atoms with van der Waals surface area (Å²) in [6.45, 7) is 1.05. The van der Waals surface area contributed by atoms with Crippen LogP contribution in [0.5, 0.6) is 0 Å². The highest BCUT2D eigenvalue weighted by Crippen LogP contribution is 2.24. The summed E-state index contributed by atoms with van der Waals surface area (Å²) < 4.78 is 0. The second kappa shape index (κ2) is 9.04. The van der Waals surface area contributed by atoms with Gasteiger partial charge in [0.2, 0.25) is 11.8 Å². The van der Waals surface area contributed by atoms with E-state index >= 15 is 0 Å². The minimum atomic E-state index is -0.779. The van der Waals surface area contributed by atoms with Crippen molar-refractivity contribution in [2.24, 2.45) is 11.8 Å². The minimum Gasteiger partial charge on any atom is -0.481 e. The number of carbonyl (C=O) groups excluding carboxylic acids is 2. The van der Waals surface area contributed by atoms with Crippen LogP contribution in [0.25, 0.3) is 0 Å². The molecule has 1 aliphatic carbocycles. The summed E-state index contributed by atoms with van der Waals surface area (Å²) in [6, 6.07) is 0. The van der Waals surface area contributed by atoms with E-state index in [4.69, 9.17) is 5.11 Å². The largest absolute Gasteiger partial charge is 0.481 e. The van der Waals surface area contributed by atoms with E-state index in [9.17, 15) is 14.4 Å². The lowest BCUT2D eigenvalue weighted by atomic mass is 9.90. The molecule has 136 valence electrons. The summed E-state index contributed by atoms with van der Waals surface area (Å²) in [5.74, 6) is -1.05. The van der Waals surface area contributed by atoms with Crippen molar-refractivity contribution in [3.05, 3.63) is 0 Å². The van der Waals surface area contributed by atoms with Crippen LogP contribution in [0.1, 0.15) is 57.8 Å². The van der Waals surface area contributed by atoms with Gasteiger partial charge in [-0.1, -0.05) is 32.1 Å². The maximum Gasteiger partial charge on any atom is 0.306 e. The average Bonchev–Trinajstić information content (AvgIpc) is 2.54. The molecule has 6 nitrogen and oxygen atoms in total. The first-order valence-electron chi connectivity index (χ1n) is 9.24. The van der Waals surface area contributed by atoms with Crippen molar-refractivity contribution in [3.63, 3.8) is 0 Å². The molecule has 1 aliphatic heterocycles. The molecule has 24 heavy (non-hydrogen) atoms. The van der Waals surface area contributed by atoms with Gasteiger partial charge in [0.25, 0.3) is 0 Å². The zero-order chi connectivity index (χ0) is 17.5. The fraction of sp³-hybridized carbons (Fsp3) is 0.833. The Labute approximate surface area is 144 Å². The SMILES string of the molecule is CN(CC(=O)N1CCC(C(=O)O)CC1)C(=O)C1CCCCCCC1. The number of carboxylic acid groups (broad SMARTS) is 1. The Morgan fingerprint density at radius 1 is 0.917 bits per heavy atom. The summed E-state index contributed by atoms with van der Waals surface area (Å²) in [5.41, 5.74) is 0. The van der Waals surface area contributed by atoms with Gasteiger partial charge < -0.3 is 14.9 Å². The molecule has 0 aromatic heterocycles. The van der Waals surface area contributed by atoms with E-state index in [1.165, 1.54) is 19.3 Å². The minimum absolute atomic E-state index is 0.0563. The number of likely N-dealkylation sites (N-methyl/N-ethyl adjacent to an activating group) is 1. The third-order valence-corrected chi connectivity index (χ3v) is 5.40. The number of carbonyl (C=O) groups is 3. The van der Waals surface area contributed by atoms with Gasteiger partial charge in [-0.2, -0.15) is 0 Å². The molecule has 6 heteroatoms. The summed E-state index contributed by atoms with van der Waals surface area (Å²) in [5, 5.41) is 9.01. The first-order valence-corrected chi connectivity index (χ1v) is 9.24. The van der Waals surface area contributed by atoms with E-state index in [0.717, 1.165) is 25.7 Å². The van der Waals surface area contributed by atoms with Crippen molar-refractivity contribution in [3.8, 4) is 0 Å². The van der Waals surface area contributed by atoms with Gasteiger partial charge in [0.1, 0.15) is 0 Å². The Morgan fingerprint density at radius 2 is 1.46 bits per heavy atom. The van der Waals surface area contributed by atoms with Crippen LogP contribution in [0.2, 0.25) is 0 Å². The number of amides is 2. The van der Waals surface area contributed by atoms with Gasteiger partial charge >= 0.3 is 5.97 Å². The number of hydrogen-bond acceptors (Lipinski definition) is 3. The lowest BCUT2D eigenvalue weighted by molar-refractivity contribution is -0.147. The predicted molar refractivity (Wildman–Crippen MR) is 90.4 cm³/mol. The van der Waals surface area contributed by atoms with Crippen molar-refractivity contribution in [2.45, 2.75) is 57.8 Å². The lowest BCUT2D eigenvalue weighted by Gasteiger charge is -2.32. The highest BCUT2D eigenvalue weighted by molar-refractivity contribution is 5.86. The van der Waals surface area contributed by atoms with Gasteiger partial charge in [0.15, 0.2) is 0 Å². The molecule has 1 heterocycles. The number of carboxylic acids is 1. The number of likely N-dealkylation sites (tertiary alicyclic amines) is 1. The molecule has 2 fully saturated rings. The van der Waals surface area contributed by atoms with E-state index in [1.54, 1.807) is 16.8 Å². The van der Waals surface area contributed by atoms with Crippen molar-refractivity contribution < 1.29 is 19.5 Å². The van der Waals surface area contributed by atoms with Gasteiger partial charge in [-0.05, 0) is 25.7 Å². The number of aliphatic carboxylic acids is 1. The molecule has 0 bridgehead atoms. The van der Waals surface area contributed by atoms with Crippen LogP contribution in [0.3, 0.4) is 0 Å². The normalized spacial score (nSPS) is 21.0. The third kappa shape index (κ3) is 5.21. The summed E-state index contributed by atoms with van der Waals surface area (Å²) >= 11 is 0. The summed E-state index contributed by atoms with van der Waals surface area (Å²) in [4.78, 5) is 39.2. The summed E-state index contributed by atoms with van der Waals surface area (Å²) in [6.07, 6.45) is 8.73. The van der Waals surface area contributed by atoms with Crippen LogP contribution in [-0.2, 0) is 14.4 Å². The Kier molecular flexibility index (Phi) is 7.06. The number of hydrogen-bond donors (Lipinski definition) is 1. The molecule has 1 saturated carbocycles.